The van der Waals surface area contributed by atoms with Gasteiger partial charge in [-0.2, -0.15) is 5.26 Å². The number of rotatable bonds is 4. The Labute approximate surface area is 288 Å². The van der Waals surface area contributed by atoms with Crippen molar-refractivity contribution in [1.29, 1.82) is 5.26 Å². The Bertz CT molecular complexity index is 1930. The van der Waals surface area contributed by atoms with Gasteiger partial charge in [0.15, 0.2) is 5.78 Å². The van der Waals surface area contributed by atoms with E-state index in [0.717, 1.165) is 32.8 Å². The standard InChI is InChI=1S/C29H23N2Si.C11H20O2.Ir/c1-32(2,3)26-11-8-20(9-12-26)21-10-13-28-23(16-21)14-15-31-29(28)24-17-22-6-4-5-7-27(22)25(18-24)19-30;1-10(2,3)8(12)7-9(13)11(4,5)6;/h4-16,18H,1-3H3;7,12H,1-6H3;/q-1;;/b;8-7-;. The molecule has 4 nitrogen and oxygen atoms in total. The molecule has 6 heteroatoms. The van der Waals surface area contributed by atoms with Crippen molar-refractivity contribution in [2.24, 2.45) is 10.8 Å². The predicted octanol–water partition coefficient (Wildman–Crippen LogP) is 10.0. The predicted molar refractivity (Wildman–Crippen MR) is 191 cm³/mol. The first kappa shape index (κ1) is 36.6. The van der Waals surface area contributed by atoms with Crippen LogP contribution in [0.1, 0.15) is 47.1 Å². The summed E-state index contributed by atoms with van der Waals surface area (Å²) in [6, 6.07) is 33.1. The molecule has 0 saturated carbocycles. The van der Waals surface area contributed by atoms with E-state index in [1.54, 1.807) is 0 Å². The van der Waals surface area contributed by atoms with Crippen LogP contribution in [0.25, 0.3) is 43.9 Å². The molecule has 1 aromatic heterocycles. The van der Waals surface area contributed by atoms with Gasteiger partial charge in [-0.3, -0.25) is 9.78 Å². The third-order valence-electron chi connectivity index (χ3n) is 7.77. The summed E-state index contributed by atoms with van der Waals surface area (Å²) in [6.07, 6.45) is 3.17. The Morgan fingerprint density at radius 2 is 1.48 bits per heavy atom. The summed E-state index contributed by atoms with van der Waals surface area (Å²) in [4.78, 5) is 16.1. The van der Waals surface area contributed by atoms with Gasteiger partial charge in [-0.1, -0.05) is 132 Å². The van der Waals surface area contributed by atoms with E-state index in [1.807, 2.05) is 84.1 Å². The van der Waals surface area contributed by atoms with Gasteiger partial charge in [-0.05, 0) is 39.6 Å². The van der Waals surface area contributed by atoms with E-state index in [2.05, 4.69) is 79.2 Å². The molecule has 1 heterocycles. The van der Waals surface area contributed by atoms with Gasteiger partial charge >= 0.3 is 0 Å². The molecule has 1 N–H and O–H groups in total. The molecule has 5 aromatic rings. The number of aliphatic hydroxyl groups excluding tert-OH is 1. The number of hydrogen-bond donors (Lipinski definition) is 1. The number of benzene rings is 4. The van der Waals surface area contributed by atoms with Gasteiger partial charge < -0.3 is 5.11 Å². The zero-order valence-corrected chi connectivity index (χ0v) is 31.6. The summed E-state index contributed by atoms with van der Waals surface area (Å²) < 4.78 is 0. The van der Waals surface area contributed by atoms with Crippen molar-refractivity contribution in [3.63, 3.8) is 0 Å². The largest absolute Gasteiger partial charge is 0.512 e. The number of aromatic nitrogens is 1. The molecule has 46 heavy (non-hydrogen) atoms. The number of ketones is 1. The SMILES string of the molecule is CC(C)(C)C(=O)/C=C(\O)C(C)(C)C.C[Si](C)(C)c1ccc(-c2ccc3c(-c4[c-]c5ccccc5c(C#N)c4)nccc3c2)cc1.[Ir]. The van der Waals surface area contributed by atoms with Crippen molar-refractivity contribution in [3.8, 4) is 28.5 Å². The van der Waals surface area contributed by atoms with Crippen LogP contribution in [0.15, 0.2) is 96.9 Å². The van der Waals surface area contributed by atoms with Crippen LogP contribution in [0.3, 0.4) is 0 Å². The quantitative estimate of drug-likeness (QED) is 0.0850. The van der Waals surface area contributed by atoms with E-state index < -0.39 is 13.5 Å². The molecular formula is C40H43IrN2O2Si-. The van der Waals surface area contributed by atoms with Gasteiger partial charge in [-0.25, -0.2) is 0 Å². The van der Waals surface area contributed by atoms with E-state index in [4.69, 9.17) is 0 Å². The second-order valence-corrected chi connectivity index (χ2v) is 19.6. The van der Waals surface area contributed by atoms with E-state index >= 15 is 0 Å². The van der Waals surface area contributed by atoms with E-state index in [-0.39, 0.29) is 37.1 Å². The van der Waals surface area contributed by atoms with Crippen LogP contribution in [0.4, 0.5) is 0 Å². The third-order valence-corrected chi connectivity index (χ3v) is 9.84. The first-order valence-electron chi connectivity index (χ1n) is 15.3. The molecule has 0 amide bonds. The van der Waals surface area contributed by atoms with Gasteiger partial charge in [-0.15, -0.1) is 23.6 Å². The molecule has 1 radical (unpaired) electrons. The smallest absolute Gasteiger partial charge is 0.164 e. The van der Waals surface area contributed by atoms with Crippen molar-refractivity contribution in [1.82, 2.24) is 4.98 Å². The number of aliphatic hydroxyl groups is 1. The fraction of sp³-hybridized carbons (Fsp3) is 0.275. The van der Waals surface area contributed by atoms with Gasteiger partial charge in [0, 0.05) is 48.9 Å². The zero-order chi connectivity index (χ0) is 33.2. The van der Waals surface area contributed by atoms with Gasteiger partial charge in [0.1, 0.15) is 5.76 Å². The number of carbonyl (C=O) groups is 1. The summed E-state index contributed by atoms with van der Waals surface area (Å²) in [7, 11) is -1.31. The van der Waals surface area contributed by atoms with Crippen LogP contribution in [0.5, 0.6) is 0 Å². The molecule has 239 valence electrons. The summed E-state index contributed by atoms with van der Waals surface area (Å²) in [6.45, 7) is 18.2. The minimum atomic E-state index is -1.31. The Kier molecular flexibility index (Phi) is 11.3. The second kappa shape index (κ2) is 14.3. The summed E-state index contributed by atoms with van der Waals surface area (Å²) in [5.74, 6) is 0.104. The number of hydrogen-bond acceptors (Lipinski definition) is 4. The first-order chi connectivity index (χ1) is 21.0. The van der Waals surface area contributed by atoms with Crippen molar-refractivity contribution in [3.05, 3.63) is 109 Å². The fourth-order valence-corrected chi connectivity index (χ4v) is 5.91. The molecule has 4 aromatic carbocycles. The molecule has 0 aliphatic carbocycles. The summed E-state index contributed by atoms with van der Waals surface area (Å²) in [5.41, 5.74) is 3.99. The molecule has 0 aliphatic rings. The molecular weight excluding hydrogens is 761 g/mol. The summed E-state index contributed by atoms with van der Waals surface area (Å²) in [5, 5.41) is 24.7. The topological polar surface area (TPSA) is 74.0 Å². The maximum absolute atomic E-state index is 11.5. The second-order valence-electron chi connectivity index (χ2n) is 14.6. The van der Waals surface area contributed by atoms with Crippen LogP contribution < -0.4 is 5.19 Å². The van der Waals surface area contributed by atoms with Crippen LogP contribution in [0, 0.1) is 28.2 Å². The zero-order valence-electron chi connectivity index (χ0n) is 28.2. The molecule has 0 spiro atoms. The van der Waals surface area contributed by atoms with Crippen molar-refractivity contribution in [2.45, 2.75) is 61.2 Å². The number of pyridine rings is 1. The van der Waals surface area contributed by atoms with Crippen LogP contribution in [-0.2, 0) is 24.9 Å². The monoisotopic (exact) mass is 804 g/mol. The number of nitrogens with zero attached hydrogens (tertiary/aromatic N) is 2. The maximum Gasteiger partial charge on any atom is 0.164 e. The summed E-state index contributed by atoms with van der Waals surface area (Å²) >= 11 is 0. The molecule has 5 rings (SSSR count). The van der Waals surface area contributed by atoms with E-state index in [9.17, 15) is 15.2 Å². The first-order valence-corrected chi connectivity index (χ1v) is 18.8. The molecule has 0 fully saturated rings. The van der Waals surface area contributed by atoms with E-state index in [1.165, 1.54) is 22.4 Å². The fourth-order valence-electron chi connectivity index (χ4n) is 4.74. The van der Waals surface area contributed by atoms with Crippen molar-refractivity contribution >= 4 is 40.6 Å². The minimum Gasteiger partial charge on any atom is -0.512 e. The average molecular weight is 804 g/mol. The Morgan fingerprint density at radius 1 is 0.848 bits per heavy atom. The van der Waals surface area contributed by atoms with Gasteiger partial charge in [0.05, 0.1) is 14.1 Å². The number of fused-ring (bicyclic) bond motifs is 2. The van der Waals surface area contributed by atoms with Crippen LogP contribution in [0.2, 0.25) is 19.6 Å². The van der Waals surface area contributed by atoms with Crippen molar-refractivity contribution in [2.75, 3.05) is 0 Å². The van der Waals surface area contributed by atoms with Crippen molar-refractivity contribution < 1.29 is 30.0 Å². The maximum atomic E-state index is 11.5. The molecule has 0 aliphatic heterocycles. The molecule has 0 bridgehead atoms. The molecule has 0 unspecified atom stereocenters. The number of nitriles is 1. The van der Waals surface area contributed by atoms with Crippen LogP contribution in [-0.4, -0.2) is 23.9 Å². The van der Waals surface area contributed by atoms with Gasteiger partial charge in [0.25, 0.3) is 0 Å². The van der Waals surface area contributed by atoms with E-state index in [0.29, 0.717) is 5.56 Å². The van der Waals surface area contributed by atoms with Crippen LogP contribution >= 0.6 is 0 Å². The normalized spacial score (nSPS) is 12.1. The average Bonchev–Trinajstić information content (AvgIpc) is 2.99. The minimum absolute atomic E-state index is 0. The number of carbonyl (C=O) groups excluding carboxylic acids is 1. The third kappa shape index (κ3) is 8.68. The number of allylic oxidation sites excluding steroid dienone is 2. The Balaban J connectivity index is 0.000000352. The molecule has 0 atom stereocenters. The Hall–Kier alpha value is -3.88. The Morgan fingerprint density at radius 3 is 2.07 bits per heavy atom. The van der Waals surface area contributed by atoms with Gasteiger partial charge in [0.2, 0.25) is 0 Å². The molecule has 0 saturated heterocycles.